The standard InChI is InChI=1S/C18H20Cl2N4O2S/c19-13-5-4-10(7-14(13)20)15-8-12(17(27-15)24-18(21)26)16(25)23-11-3-1-2-6-22-9-11/h4-5,7-8,11,22H,1-3,6,9H2,(H,23,25)(H3,21,24,26)/t11-/m0/s1. The Morgan fingerprint density at radius 3 is 2.74 bits per heavy atom. The molecule has 1 aromatic heterocycles. The van der Waals surface area contributed by atoms with Crippen molar-refractivity contribution in [1.29, 1.82) is 0 Å². The van der Waals surface area contributed by atoms with Crippen molar-refractivity contribution in [3.05, 3.63) is 39.9 Å². The van der Waals surface area contributed by atoms with Gasteiger partial charge in [0.25, 0.3) is 5.91 Å². The number of carbonyl (C=O) groups is 2. The van der Waals surface area contributed by atoms with Crippen LogP contribution in [0.15, 0.2) is 24.3 Å². The van der Waals surface area contributed by atoms with Crippen molar-refractivity contribution in [2.45, 2.75) is 25.3 Å². The highest BCUT2D eigenvalue weighted by atomic mass is 35.5. The summed E-state index contributed by atoms with van der Waals surface area (Å²) in [7, 11) is 0. The molecule has 9 heteroatoms. The van der Waals surface area contributed by atoms with Crippen LogP contribution in [-0.4, -0.2) is 31.1 Å². The number of rotatable bonds is 4. The van der Waals surface area contributed by atoms with Gasteiger partial charge in [0.05, 0.1) is 15.6 Å². The molecule has 1 aromatic carbocycles. The number of hydrogen-bond acceptors (Lipinski definition) is 4. The van der Waals surface area contributed by atoms with E-state index in [1.807, 2.05) is 6.07 Å². The molecule has 6 nitrogen and oxygen atoms in total. The lowest BCUT2D eigenvalue weighted by atomic mass is 10.1. The third kappa shape index (κ3) is 5.13. The largest absolute Gasteiger partial charge is 0.351 e. The fourth-order valence-electron chi connectivity index (χ4n) is 2.96. The SMILES string of the molecule is NC(=O)Nc1sc(-c2ccc(Cl)c(Cl)c2)cc1C(=O)N[C@H]1CCCCNC1. The Balaban J connectivity index is 1.87. The third-order valence-electron chi connectivity index (χ3n) is 4.30. The van der Waals surface area contributed by atoms with Gasteiger partial charge in [-0.15, -0.1) is 11.3 Å². The van der Waals surface area contributed by atoms with Gasteiger partial charge < -0.3 is 16.4 Å². The Kier molecular flexibility index (Phi) is 6.59. The van der Waals surface area contributed by atoms with E-state index in [-0.39, 0.29) is 11.9 Å². The van der Waals surface area contributed by atoms with Crippen molar-refractivity contribution in [3.63, 3.8) is 0 Å². The molecule has 2 aromatic rings. The summed E-state index contributed by atoms with van der Waals surface area (Å²) in [5, 5.41) is 10.2. The minimum atomic E-state index is -0.720. The molecule has 0 radical (unpaired) electrons. The van der Waals surface area contributed by atoms with Crippen molar-refractivity contribution < 1.29 is 9.59 Å². The van der Waals surface area contributed by atoms with Crippen LogP contribution in [0.5, 0.6) is 0 Å². The quantitative estimate of drug-likeness (QED) is 0.592. The van der Waals surface area contributed by atoms with E-state index in [2.05, 4.69) is 16.0 Å². The highest BCUT2D eigenvalue weighted by molar-refractivity contribution is 7.20. The van der Waals surface area contributed by atoms with Gasteiger partial charge in [-0.2, -0.15) is 0 Å². The third-order valence-corrected chi connectivity index (χ3v) is 6.14. The van der Waals surface area contributed by atoms with Gasteiger partial charge in [-0.1, -0.05) is 35.7 Å². The molecule has 1 saturated heterocycles. The average molecular weight is 427 g/mol. The van der Waals surface area contributed by atoms with Crippen molar-refractivity contribution in [2.75, 3.05) is 18.4 Å². The number of nitrogens with one attached hydrogen (secondary N) is 3. The molecular formula is C18H20Cl2N4O2S. The first-order chi connectivity index (χ1) is 12.9. The van der Waals surface area contributed by atoms with Crippen LogP contribution >= 0.6 is 34.5 Å². The number of primary amides is 1. The van der Waals surface area contributed by atoms with E-state index in [1.165, 1.54) is 11.3 Å². The molecule has 0 aliphatic carbocycles. The van der Waals surface area contributed by atoms with Gasteiger partial charge in [-0.25, -0.2) is 4.79 Å². The molecule has 2 heterocycles. The number of urea groups is 1. The molecule has 144 valence electrons. The Morgan fingerprint density at radius 1 is 1.19 bits per heavy atom. The lowest BCUT2D eigenvalue weighted by molar-refractivity contribution is 0.0937. The first-order valence-corrected chi connectivity index (χ1v) is 10.2. The molecule has 0 bridgehead atoms. The van der Waals surface area contributed by atoms with Gasteiger partial charge in [-0.3, -0.25) is 10.1 Å². The maximum atomic E-state index is 12.8. The zero-order chi connectivity index (χ0) is 19.4. The Labute approximate surface area is 171 Å². The van der Waals surface area contributed by atoms with E-state index in [9.17, 15) is 9.59 Å². The van der Waals surface area contributed by atoms with Crippen molar-refractivity contribution >= 4 is 51.5 Å². The number of thiophene rings is 1. The Morgan fingerprint density at radius 2 is 2.00 bits per heavy atom. The second-order valence-electron chi connectivity index (χ2n) is 6.34. The van der Waals surface area contributed by atoms with Crippen molar-refractivity contribution in [3.8, 4) is 10.4 Å². The lowest BCUT2D eigenvalue weighted by Gasteiger charge is -2.16. The Hall–Kier alpha value is -1.80. The molecule has 1 fully saturated rings. The lowest BCUT2D eigenvalue weighted by Crippen LogP contribution is -2.41. The molecule has 27 heavy (non-hydrogen) atoms. The van der Waals surface area contributed by atoms with Gasteiger partial charge in [0.15, 0.2) is 0 Å². The van der Waals surface area contributed by atoms with Crippen molar-refractivity contribution in [2.24, 2.45) is 5.73 Å². The number of halogens is 2. The van der Waals surface area contributed by atoms with Crippen LogP contribution in [0.3, 0.4) is 0 Å². The average Bonchev–Trinajstić information content (AvgIpc) is 2.85. The zero-order valence-corrected chi connectivity index (χ0v) is 16.8. The fraction of sp³-hybridized carbons (Fsp3) is 0.333. The summed E-state index contributed by atoms with van der Waals surface area (Å²) in [4.78, 5) is 25.0. The second kappa shape index (κ2) is 8.93. The number of carbonyl (C=O) groups excluding carboxylic acids is 2. The van der Waals surface area contributed by atoms with E-state index in [1.54, 1.807) is 18.2 Å². The molecular weight excluding hydrogens is 407 g/mol. The molecule has 5 N–H and O–H groups in total. The minimum absolute atomic E-state index is 0.0507. The van der Waals surface area contributed by atoms with E-state index in [0.717, 1.165) is 42.8 Å². The Bertz CT molecular complexity index is 848. The molecule has 3 amide bonds. The van der Waals surface area contributed by atoms with Gasteiger partial charge in [0.2, 0.25) is 0 Å². The first-order valence-electron chi connectivity index (χ1n) is 8.61. The number of hydrogen-bond donors (Lipinski definition) is 4. The van der Waals surface area contributed by atoms with Crippen LogP contribution in [0.1, 0.15) is 29.6 Å². The van der Waals surface area contributed by atoms with Crippen molar-refractivity contribution in [1.82, 2.24) is 10.6 Å². The van der Waals surface area contributed by atoms with E-state index in [0.29, 0.717) is 20.6 Å². The second-order valence-corrected chi connectivity index (χ2v) is 8.21. The summed E-state index contributed by atoms with van der Waals surface area (Å²) in [5.74, 6) is -0.241. The van der Waals surface area contributed by atoms with Crippen LogP contribution in [0.2, 0.25) is 10.0 Å². The molecule has 0 spiro atoms. The molecule has 1 atom stereocenters. The summed E-state index contributed by atoms with van der Waals surface area (Å²) in [6.07, 6.45) is 3.07. The smallest absolute Gasteiger partial charge is 0.317 e. The topological polar surface area (TPSA) is 96.2 Å². The zero-order valence-electron chi connectivity index (χ0n) is 14.5. The van der Waals surface area contributed by atoms with Crippen LogP contribution in [0.25, 0.3) is 10.4 Å². The summed E-state index contributed by atoms with van der Waals surface area (Å²) in [6, 6.07) is 6.29. The maximum absolute atomic E-state index is 12.8. The number of amides is 3. The van der Waals surface area contributed by atoms with Gasteiger partial charge in [-0.05, 0) is 43.1 Å². The highest BCUT2D eigenvalue weighted by Gasteiger charge is 2.21. The minimum Gasteiger partial charge on any atom is -0.351 e. The van der Waals surface area contributed by atoms with Crippen LogP contribution in [0.4, 0.5) is 9.80 Å². The van der Waals surface area contributed by atoms with Gasteiger partial charge >= 0.3 is 6.03 Å². The summed E-state index contributed by atoms with van der Waals surface area (Å²) >= 11 is 13.3. The molecule has 0 saturated carbocycles. The molecule has 0 unspecified atom stereocenters. The predicted octanol–water partition coefficient (Wildman–Crippen LogP) is 4.08. The highest BCUT2D eigenvalue weighted by Crippen LogP contribution is 2.37. The summed E-state index contributed by atoms with van der Waals surface area (Å²) in [5.41, 5.74) is 6.45. The molecule has 1 aliphatic heterocycles. The first kappa shape index (κ1) is 19.9. The van der Waals surface area contributed by atoms with E-state index < -0.39 is 6.03 Å². The monoisotopic (exact) mass is 426 g/mol. The van der Waals surface area contributed by atoms with Crippen LogP contribution in [-0.2, 0) is 0 Å². The number of anilines is 1. The van der Waals surface area contributed by atoms with Crippen LogP contribution in [0, 0.1) is 0 Å². The number of benzene rings is 1. The summed E-state index contributed by atoms with van der Waals surface area (Å²) < 4.78 is 0. The van der Waals surface area contributed by atoms with Gasteiger partial charge in [0.1, 0.15) is 5.00 Å². The van der Waals surface area contributed by atoms with Gasteiger partial charge in [0, 0.05) is 17.5 Å². The van der Waals surface area contributed by atoms with E-state index in [4.69, 9.17) is 28.9 Å². The maximum Gasteiger partial charge on any atom is 0.317 e. The fourth-order valence-corrected chi connectivity index (χ4v) is 4.31. The van der Waals surface area contributed by atoms with Crippen LogP contribution < -0.4 is 21.7 Å². The molecule has 1 aliphatic rings. The van der Waals surface area contributed by atoms with E-state index >= 15 is 0 Å². The normalized spacial score (nSPS) is 17.2. The predicted molar refractivity (Wildman–Crippen MR) is 111 cm³/mol. The summed E-state index contributed by atoms with van der Waals surface area (Å²) in [6.45, 7) is 1.69. The number of nitrogens with two attached hydrogens (primary N) is 1. The molecule has 3 rings (SSSR count).